The van der Waals surface area contributed by atoms with Crippen LogP contribution in [0.2, 0.25) is 5.02 Å². The number of thiazole rings is 1. The number of nitrogens with one attached hydrogen (secondary N) is 1. The molecule has 0 saturated carbocycles. The number of anilines is 1. The van der Waals surface area contributed by atoms with Crippen molar-refractivity contribution in [1.82, 2.24) is 4.98 Å². The van der Waals surface area contributed by atoms with Gasteiger partial charge < -0.3 is 5.32 Å². The highest BCUT2D eigenvalue weighted by molar-refractivity contribution is 7.11. The fourth-order valence-corrected chi connectivity index (χ4v) is 3.11. The molecule has 0 bridgehead atoms. The molecule has 0 spiro atoms. The molecule has 106 valence electrons. The standard InChI is InChI=1S/C13H14ClN3O2S/c1-7(13-8(2)20-9(3)16-13)15-10-4-5-11(14)12(6-10)17(18)19/h4-7,15H,1-3H3. The largest absolute Gasteiger partial charge is 0.377 e. The van der Waals surface area contributed by atoms with Gasteiger partial charge in [-0.1, -0.05) is 11.6 Å². The van der Waals surface area contributed by atoms with E-state index in [9.17, 15) is 10.1 Å². The van der Waals surface area contributed by atoms with Gasteiger partial charge in [0, 0.05) is 16.6 Å². The smallest absolute Gasteiger partial charge is 0.289 e. The predicted molar refractivity (Wildman–Crippen MR) is 81.7 cm³/mol. The van der Waals surface area contributed by atoms with Crippen LogP contribution in [0.5, 0.6) is 0 Å². The van der Waals surface area contributed by atoms with Gasteiger partial charge in [-0.05, 0) is 32.9 Å². The summed E-state index contributed by atoms with van der Waals surface area (Å²) in [6, 6.07) is 4.66. The molecule has 0 fully saturated rings. The van der Waals surface area contributed by atoms with Crippen LogP contribution < -0.4 is 5.32 Å². The Kier molecular flexibility index (Phi) is 4.25. The molecule has 1 N–H and O–H groups in total. The third-order valence-corrected chi connectivity index (χ3v) is 4.10. The molecular weight excluding hydrogens is 298 g/mol. The highest BCUT2D eigenvalue weighted by atomic mass is 35.5. The molecule has 0 aliphatic rings. The zero-order valence-corrected chi connectivity index (χ0v) is 12.9. The van der Waals surface area contributed by atoms with Crippen LogP contribution in [0, 0.1) is 24.0 Å². The van der Waals surface area contributed by atoms with Crippen LogP contribution in [0.4, 0.5) is 11.4 Å². The minimum atomic E-state index is -0.490. The number of hydrogen-bond donors (Lipinski definition) is 1. The number of nitro benzene ring substituents is 1. The second-order valence-electron chi connectivity index (χ2n) is 4.46. The molecule has 0 amide bonds. The van der Waals surface area contributed by atoms with Crippen molar-refractivity contribution in [2.24, 2.45) is 0 Å². The van der Waals surface area contributed by atoms with Crippen molar-refractivity contribution >= 4 is 34.3 Å². The van der Waals surface area contributed by atoms with Crippen molar-refractivity contribution in [3.8, 4) is 0 Å². The number of rotatable bonds is 4. The van der Waals surface area contributed by atoms with Gasteiger partial charge in [0.05, 0.1) is 21.7 Å². The third-order valence-electron chi connectivity index (χ3n) is 2.88. The molecule has 0 radical (unpaired) electrons. The van der Waals surface area contributed by atoms with Gasteiger partial charge in [0.2, 0.25) is 0 Å². The summed E-state index contributed by atoms with van der Waals surface area (Å²) in [5, 5.41) is 15.2. The Morgan fingerprint density at radius 1 is 1.45 bits per heavy atom. The first-order valence-electron chi connectivity index (χ1n) is 6.03. The Morgan fingerprint density at radius 2 is 2.15 bits per heavy atom. The van der Waals surface area contributed by atoms with Gasteiger partial charge in [-0.25, -0.2) is 4.98 Å². The van der Waals surface area contributed by atoms with Crippen LogP contribution in [-0.2, 0) is 0 Å². The molecule has 0 saturated heterocycles. The van der Waals surface area contributed by atoms with Crippen molar-refractivity contribution in [3.63, 3.8) is 0 Å². The summed E-state index contributed by atoms with van der Waals surface area (Å²) in [6.45, 7) is 5.95. The third kappa shape index (κ3) is 3.08. The Morgan fingerprint density at radius 3 is 2.70 bits per heavy atom. The van der Waals surface area contributed by atoms with E-state index in [0.717, 1.165) is 15.6 Å². The number of nitro groups is 1. The first kappa shape index (κ1) is 14.7. The minimum Gasteiger partial charge on any atom is -0.377 e. The first-order chi connectivity index (χ1) is 9.38. The van der Waals surface area contributed by atoms with Crippen LogP contribution >= 0.6 is 22.9 Å². The van der Waals surface area contributed by atoms with E-state index in [1.165, 1.54) is 12.1 Å². The number of aryl methyl sites for hydroxylation is 2. The molecule has 2 rings (SSSR count). The second-order valence-corrected chi connectivity index (χ2v) is 6.28. The molecule has 20 heavy (non-hydrogen) atoms. The average Bonchev–Trinajstić information content (AvgIpc) is 2.70. The summed E-state index contributed by atoms with van der Waals surface area (Å²) in [5.41, 5.74) is 1.51. The van der Waals surface area contributed by atoms with Crippen molar-refractivity contribution in [3.05, 3.63) is 48.9 Å². The van der Waals surface area contributed by atoms with E-state index in [4.69, 9.17) is 11.6 Å². The maximum Gasteiger partial charge on any atom is 0.289 e. The van der Waals surface area contributed by atoms with Crippen LogP contribution in [0.1, 0.15) is 28.5 Å². The van der Waals surface area contributed by atoms with Crippen LogP contribution in [-0.4, -0.2) is 9.91 Å². The summed E-state index contributed by atoms with van der Waals surface area (Å²) >= 11 is 7.43. The first-order valence-corrected chi connectivity index (χ1v) is 7.22. The van der Waals surface area contributed by atoms with Gasteiger partial charge in [0.15, 0.2) is 0 Å². The SMILES string of the molecule is Cc1nc(C(C)Nc2ccc(Cl)c([N+](=O)[O-])c2)c(C)s1. The van der Waals surface area contributed by atoms with Gasteiger partial charge in [-0.2, -0.15) is 0 Å². The van der Waals surface area contributed by atoms with E-state index < -0.39 is 4.92 Å². The van der Waals surface area contributed by atoms with E-state index in [1.54, 1.807) is 17.4 Å². The lowest BCUT2D eigenvalue weighted by atomic mass is 10.2. The van der Waals surface area contributed by atoms with Crippen molar-refractivity contribution in [2.75, 3.05) is 5.32 Å². The van der Waals surface area contributed by atoms with E-state index in [1.807, 2.05) is 20.8 Å². The summed E-state index contributed by atoms with van der Waals surface area (Å²) < 4.78 is 0. The second kappa shape index (κ2) is 5.76. The number of nitrogens with zero attached hydrogens (tertiary/aromatic N) is 2. The molecule has 1 unspecified atom stereocenters. The molecule has 1 aromatic heterocycles. The summed E-state index contributed by atoms with van der Waals surface area (Å²) in [7, 11) is 0. The molecule has 0 aliphatic carbocycles. The van der Waals surface area contributed by atoms with Gasteiger partial charge in [-0.15, -0.1) is 11.3 Å². The Balaban J connectivity index is 2.24. The zero-order valence-electron chi connectivity index (χ0n) is 11.3. The Hall–Kier alpha value is -1.66. The number of aromatic nitrogens is 1. The summed E-state index contributed by atoms with van der Waals surface area (Å²) in [4.78, 5) is 16.0. The normalized spacial score (nSPS) is 12.2. The van der Waals surface area contributed by atoms with E-state index >= 15 is 0 Å². The fourth-order valence-electron chi connectivity index (χ4n) is 2.01. The van der Waals surface area contributed by atoms with Crippen LogP contribution in [0.25, 0.3) is 0 Å². The molecule has 5 nitrogen and oxygen atoms in total. The highest BCUT2D eigenvalue weighted by Gasteiger charge is 2.16. The van der Waals surface area contributed by atoms with Gasteiger partial charge in [0.25, 0.3) is 5.69 Å². The van der Waals surface area contributed by atoms with Gasteiger partial charge in [-0.3, -0.25) is 10.1 Å². The van der Waals surface area contributed by atoms with E-state index in [2.05, 4.69) is 10.3 Å². The van der Waals surface area contributed by atoms with Crippen LogP contribution in [0.15, 0.2) is 18.2 Å². The number of hydrogen-bond acceptors (Lipinski definition) is 5. The fraction of sp³-hybridized carbons (Fsp3) is 0.308. The average molecular weight is 312 g/mol. The highest BCUT2D eigenvalue weighted by Crippen LogP contribution is 2.30. The van der Waals surface area contributed by atoms with Gasteiger partial charge in [0.1, 0.15) is 5.02 Å². The number of halogens is 1. The van der Waals surface area contributed by atoms with Crippen molar-refractivity contribution in [1.29, 1.82) is 0 Å². The zero-order chi connectivity index (χ0) is 14.9. The minimum absolute atomic E-state index is 0.0271. The number of benzene rings is 1. The maximum absolute atomic E-state index is 10.9. The monoisotopic (exact) mass is 311 g/mol. The Bertz CT molecular complexity index is 657. The lowest BCUT2D eigenvalue weighted by molar-refractivity contribution is -0.384. The van der Waals surface area contributed by atoms with Crippen molar-refractivity contribution in [2.45, 2.75) is 26.8 Å². The van der Waals surface area contributed by atoms with Crippen LogP contribution in [0.3, 0.4) is 0 Å². The molecule has 7 heteroatoms. The van der Waals surface area contributed by atoms with Crippen molar-refractivity contribution < 1.29 is 4.92 Å². The quantitative estimate of drug-likeness (QED) is 0.667. The molecule has 0 aliphatic heterocycles. The lowest BCUT2D eigenvalue weighted by Gasteiger charge is -2.14. The molecule has 1 atom stereocenters. The van der Waals surface area contributed by atoms with Gasteiger partial charge >= 0.3 is 0 Å². The maximum atomic E-state index is 10.9. The van der Waals surface area contributed by atoms with E-state index in [0.29, 0.717) is 5.69 Å². The molecule has 2 aromatic rings. The van der Waals surface area contributed by atoms with E-state index in [-0.39, 0.29) is 16.8 Å². The summed E-state index contributed by atoms with van der Waals surface area (Å²) in [5.74, 6) is 0. The molecular formula is C13H14ClN3O2S. The molecule has 1 aromatic carbocycles. The molecule has 1 heterocycles. The lowest BCUT2D eigenvalue weighted by Crippen LogP contribution is -2.08. The predicted octanol–water partition coefficient (Wildman–Crippen LogP) is 4.49. The summed E-state index contributed by atoms with van der Waals surface area (Å²) in [6.07, 6.45) is 0. The topological polar surface area (TPSA) is 68.1 Å². The Labute approximate surface area is 125 Å².